The van der Waals surface area contributed by atoms with Crippen LogP contribution in [0.2, 0.25) is 0 Å². The molecule has 11 heteroatoms. The van der Waals surface area contributed by atoms with Crippen molar-refractivity contribution in [3.05, 3.63) is 75.0 Å². The molecule has 0 unspecified atom stereocenters. The van der Waals surface area contributed by atoms with Crippen LogP contribution in [0.4, 0.5) is 13.2 Å². The van der Waals surface area contributed by atoms with Gasteiger partial charge in [0.15, 0.2) is 0 Å². The quantitative estimate of drug-likeness (QED) is 0.390. The van der Waals surface area contributed by atoms with Crippen LogP contribution in [0.1, 0.15) is 11.1 Å². The maximum absolute atomic E-state index is 13.0. The smallest absolute Gasteiger partial charge is 0.367 e. The van der Waals surface area contributed by atoms with Crippen LogP contribution in [0, 0.1) is 0 Å². The van der Waals surface area contributed by atoms with Crippen LogP contribution >= 0.6 is 22.7 Å². The van der Waals surface area contributed by atoms with Gasteiger partial charge in [-0.25, -0.2) is 4.98 Å². The van der Waals surface area contributed by atoms with Gasteiger partial charge in [0.2, 0.25) is 5.91 Å². The number of ether oxygens (including phenoxy) is 1. The molecule has 1 aromatic carbocycles. The zero-order valence-corrected chi connectivity index (χ0v) is 18.7. The first kappa shape index (κ1) is 23.1. The van der Waals surface area contributed by atoms with Gasteiger partial charge in [0, 0.05) is 22.4 Å². The Bertz CT molecular complexity index is 1300. The van der Waals surface area contributed by atoms with E-state index in [2.05, 4.69) is 15.0 Å². The van der Waals surface area contributed by atoms with E-state index in [-0.39, 0.29) is 31.2 Å². The van der Waals surface area contributed by atoms with Crippen molar-refractivity contribution in [2.24, 2.45) is 0 Å². The van der Waals surface area contributed by atoms with E-state index in [1.54, 1.807) is 24.3 Å². The van der Waals surface area contributed by atoms with Gasteiger partial charge in [0.25, 0.3) is 5.56 Å². The molecule has 172 valence electrons. The second kappa shape index (κ2) is 9.86. The Morgan fingerprint density at radius 3 is 2.58 bits per heavy atom. The Labute approximate surface area is 194 Å². The lowest BCUT2D eigenvalue weighted by atomic mass is 10.1. The van der Waals surface area contributed by atoms with E-state index in [4.69, 9.17) is 0 Å². The summed E-state index contributed by atoms with van der Waals surface area (Å²) in [5.41, 5.74) is 1.90. The van der Waals surface area contributed by atoms with E-state index < -0.39 is 12.8 Å². The van der Waals surface area contributed by atoms with Crippen LogP contribution in [0.15, 0.2) is 58.3 Å². The molecule has 3 aromatic heterocycles. The van der Waals surface area contributed by atoms with Gasteiger partial charge in [-0.15, -0.1) is 22.7 Å². The van der Waals surface area contributed by atoms with Crippen LogP contribution in [-0.2, 0) is 29.2 Å². The number of hydrogen-bond acceptors (Lipinski definition) is 6. The molecule has 6 nitrogen and oxygen atoms in total. The van der Waals surface area contributed by atoms with Gasteiger partial charge < -0.3 is 10.1 Å². The number of aromatic nitrogens is 2. The standard InChI is InChI=1S/C22H18F3N3O3S2/c23-22(24,25)12-31-10-15-5-3-14(4-6-15)8-26-18(29)9-28-13-27-20-19(21(28)30)16(11-33-20)17-2-1-7-32-17/h1-7,11,13H,8-10,12H2,(H,26,29). The van der Waals surface area contributed by atoms with Gasteiger partial charge in [-0.1, -0.05) is 30.3 Å². The number of benzene rings is 1. The zero-order chi connectivity index (χ0) is 23.4. The van der Waals surface area contributed by atoms with Crippen molar-refractivity contribution in [1.82, 2.24) is 14.9 Å². The molecule has 1 N–H and O–H groups in total. The SMILES string of the molecule is O=C(Cn1cnc2scc(-c3cccs3)c2c1=O)NCc1ccc(COCC(F)(F)F)cc1. The number of nitrogens with zero attached hydrogens (tertiary/aromatic N) is 2. The summed E-state index contributed by atoms with van der Waals surface area (Å²) >= 11 is 2.92. The monoisotopic (exact) mass is 493 g/mol. The lowest BCUT2D eigenvalue weighted by Crippen LogP contribution is -2.32. The first-order valence-electron chi connectivity index (χ1n) is 9.80. The van der Waals surface area contributed by atoms with E-state index in [1.165, 1.54) is 33.6 Å². The second-order valence-electron chi connectivity index (χ2n) is 7.19. The van der Waals surface area contributed by atoms with Crippen molar-refractivity contribution in [1.29, 1.82) is 0 Å². The number of amides is 1. The van der Waals surface area contributed by atoms with Crippen LogP contribution in [-0.4, -0.2) is 28.2 Å². The van der Waals surface area contributed by atoms with Crippen molar-refractivity contribution >= 4 is 38.8 Å². The fourth-order valence-electron chi connectivity index (χ4n) is 3.14. The molecule has 0 saturated carbocycles. The highest BCUT2D eigenvalue weighted by molar-refractivity contribution is 7.18. The van der Waals surface area contributed by atoms with Crippen LogP contribution in [0.5, 0.6) is 0 Å². The van der Waals surface area contributed by atoms with Crippen molar-refractivity contribution in [3.63, 3.8) is 0 Å². The highest BCUT2D eigenvalue weighted by atomic mass is 32.1. The Kier molecular flexibility index (Phi) is 6.91. The van der Waals surface area contributed by atoms with E-state index in [1.807, 2.05) is 22.9 Å². The molecular weight excluding hydrogens is 475 g/mol. The summed E-state index contributed by atoms with van der Waals surface area (Å²) in [6.07, 6.45) is -2.99. The van der Waals surface area contributed by atoms with Gasteiger partial charge in [-0.05, 0) is 22.6 Å². The van der Waals surface area contributed by atoms with Crippen molar-refractivity contribution in [2.45, 2.75) is 25.9 Å². The summed E-state index contributed by atoms with van der Waals surface area (Å²) < 4.78 is 42.3. The summed E-state index contributed by atoms with van der Waals surface area (Å²) in [6, 6.07) is 10.5. The third-order valence-corrected chi connectivity index (χ3v) is 6.50. The van der Waals surface area contributed by atoms with E-state index >= 15 is 0 Å². The molecule has 0 aliphatic carbocycles. The van der Waals surface area contributed by atoms with E-state index in [0.29, 0.717) is 15.8 Å². The van der Waals surface area contributed by atoms with Crippen molar-refractivity contribution in [3.8, 4) is 10.4 Å². The minimum absolute atomic E-state index is 0.152. The number of halogens is 3. The normalized spacial score (nSPS) is 11.7. The largest absolute Gasteiger partial charge is 0.411 e. The molecule has 33 heavy (non-hydrogen) atoms. The van der Waals surface area contributed by atoms with E-state index in [0.717, 1.165) is 16.0 Å². The van der Waals surface area contributed by atoms with Gasteiger partial charge >= 0.3 is 6.18 Å². The van der Waals surface area contributed by atoms with Gasteiger partial charge in [0.1, 0.15) is 18.0 Å². The summed E-state index contributed by atoms with van der Waals surface area (Å²) in [5, 5.41) is 7.07. The fourth-order valence-corrected chi connectivity index (χ4v) is 4.86. The molecule has 0 radical (unpaired) electrons. The van der Waals surface area contributed by atoms with Crippen LogP contribution < -0.4 is 10.9 Å². The summed E-state index contributed by atoms with van der Waals surface area (Å²) in [7, 11) is 0. The number of hydrogen-bond donors (Lipinski definition) is 1. The molecule has 0 aliphatic heterocycles. The molecule has 0 bridgehead atoms. The third kappa shape index (κ3) is 5.86. The lowest BCUT2D eigenvalue weighted by Gasteiger charge is -2.09. The molecule has 0 atom stereocenters. The zero-order valence-electron chi connectivity index (χ0n) is 17.1. The minimum atomic E-state index is -4.36. The van der Waals surface area contributed by atoms with Gasteiger partial charge in [-0.2, -0.15) is 13.2 Å². The first-order valence-corrected chi connectivity index (χ1v) is 11.6. The molecular formula is C22H18F3N3O3S2. The Morgan fingerprint density at radius 2 is 1.88 bits per heavy atom. The number of alkyl halides is 3. The van der Waals surface area contributed by atoms with Crippen molar-refractivity contribution < 1.29 is 22.7 Å². The molecule has 3 heterocycles. The number of carbonyl (C=O) groups is 1. The average molecular weight is 494 g/mol. The second-order valence-corrected chi connectivity index (χ2v) is 8.99. The summed E-state index contributed by atoms with van der Waals surface area (Å²) in [6.45, 7) is -1.41. The number of carbonyl (C=O) groups excluding carboxylic acids is 1. The first-order chi connectivity index (χ1) is 15.8. The van der Waals surface area contributed by atoms with Crippen molar-refractivity contribution in [2.75, 3.05) is 6.61 Å². The maximum atomic E-state index is 13.0. The predicted octanol–water partition coefficient (Wildman–Crippen LogP) is 4.58. The topological polar surface area (TPSA) is 73.2 Å². The lowest BCUT2D eigenvalue weighted by molar-refractivity contribution is -0.176. The number of thiophene rings is 2. The molecule has 4 aromatic rings. The highest BCUT2D eigenvalue weighted by Crippen LogP contribution is 2.33. The molecule has 4 rings (SSSR count). The minimum Gasteiger partial charge on any atom is -0.367 e. The van der Waals surface area contributed by atoms with E-state index in [9.17, 15) is 22.8 Å². The fraction of sp³-hybridized carbons (Fsp3) is 0.227. The molecule has 1 amide bonds. The average Bonchev–Trinajstić information content (AvgIpc) is 3.44. The molecule has 0 aliphatic rings. The third-order valence-electron chi connectivity index (χ3n) is 4.71. The summed E-state index contributed by atoms with van der Waals surface area (Å²) in [5.74, 6) is -0.358. The number of fused-ring (bicyclic) bond motifs is 1. The van der Waals surface area contributed by atoms with Crippen LogP contribution in [0.25, 0.3) is 20.7 Å². The predicted molar refractivity (Wildman–Crippen MR) is 121 cm³/mol. The van der Waals surface area contributed by atoms with Gasteiger partial charge in [0.05, 0.1) is 18.3 Å². The summed E-state index contributed by atoms with van der Waals surface area (Å²) in [4.78, 5) is 31.3. The number of nitrogens with one attached hydrogen (secondary N) is 1. The molecule has 0 spiro atoms. The Hall–Kier alpha value is -3.02. The molecule has 0 saturated heterocycles. The Morgan fingerprint density at radius 1 is 1.12 bits per heavy atom. The Balaban J connectivity index is 1.36. The van der Waals surface area contributed by atoms with Crippen LogP contribution in [0.3, 0.4) is 0 Å². The number of rotatable bonds is 8. The molecule has 0 fully saturated rings. The maximum Gasteiger partial charge on any atom is 0.411 e. The van der Waals surface area contributed by atoms with Gasteiger partial charge in [-0.3, -0.25) is 14.2 Å². The highest BCUT2D eigenvalue weighted by Gasteiger charge is 2.27.